The summed E-state index contributed by atoms with van der Waals surface area (Å²) in [6.45, 7) is 6.55. The van der Waals surface area contributed by atoms with Crippen LogP contribution in [0.2, 0.25) is 0 Å². The van der Waals surface area contributed by atoms with Crippen LogP contribution < -0.4 is 9.80 Å². The van der Waals surface area contributed by atoms with Crippen LogP contribution in [0.4, 0.5) is 11.4 Å². The van der Waals surface area contributed by atoms with Crippen LogP contribution in [0.25, 0.3) is 0 Å². The summed E-state index contributed by atoms with van der Waals surface area (Å²) in [5, 5.41) is 0. The Labute approximate surface area is 161 Å². The normalized spacial score (nSPS) is 10.4. The Morgan fingerprint density at radius 1 is 0.815 bits per heavy atom. The molecule has 0 unspecified atom stereocenters. The number of hydrogen-bond donors (Lipinski definition) is 0. The predicted molar refractivity (Wildman–Crippen MR) is 111 cm³/mol. The molecule has 0 aliphatic heterocycles. The summed E-state index contributed by atoms with van der Waals surface area (Å²) in [4.78, 5) is 21.7. The van der Waals surface area contributed by atoms with E-state index in [-0.39, 0.29) is 5.91 Å². The van der Waals surface area contributed by atoms with Gasteiger partial charge in [-0.1, -0.05) is 48.5 Å². The first-order valence-electron chi connectivity index (χ1n) is 9.34. The molecule has 0 spiro atoms. The number of aromatic nitrogens is 1. The number of benzene rings is 2. The Kier molecular flexibility index (Phi) is 6.21. The van der Waals surface area contributed by atoms with E-state index in [2.05, 4.69) is 23.7 Å². The molecule has 0 fully saturated rings. The predicted octanol–water partition coefficient (Wildman–Crippen LogP) is 4.77. The zero-order valence-corrected chi connectivity index (χ0v) is 15.9. The van der Waals surface area contributed by atoms with Crippen LogP contribution in [0.1, 0.15) is 29.9 Å². The molecule has 4 heteroatoms. The standard InChI is InChI=1S/C23H25N3O/c1-3-25(4-2)21-15-16-22(24-17-21)23(27)26(20-13-9-6-10-14-20)18-19-11-7-5-8-12-19/h5-17H,3-4,18H2,1-2H3. The van der Waals surface area contributed by atoms with Gasteiger partial charge in [-0.05, 0) is 43.7 Å². The van der Waals surface area contributed by atoms with Crippen molar-refractivity contribution in [3.63, 3.8) is 0 Å². The van der Waals surface area contributed by atoms with Gasteiger partial charge in [-0.2, -0.15) is 0 Å². The van der Waals surface area contributed by atoms with Crippen molar-refractivity contribution in [2.24, 2.45) is 0 Å². The molecule has 27 heavy (non-hydrogen) atoms. The maximum absolute atomic E-state index is 13.2. The van der Waals surface area contributed by atoms with E-state index in [0.29, 0.717) is 12.2 Å². The van der Waals surface area contributed by atoms with Gasteiger partial charge in [0.25, 0.3) is 5.91 Å². The summed E-state index contributed by atoms with van der Waals surface area (Å²) in [5.41, 5.74) is 3.42. The molecular formula is C23H25N3O. The lowest BCUT2D eigenvalue weighted by Crippen LogP contribution is -2.31. The zero-order chi connectivity index (χ0) is 19.1. The summed E-state index contributed by atoms with van der Waals surface area (Å²) >= 11 is 0. The smallest absolute Gasteiger partial charge is 0.277 e. The Morgan fingerprint density at radius 2 is 1.44 bits per heavy atom. The fourth-order valence-corrected chi connectivity index (χ4v) is 3.08. The van der Waals surface area contributed by atoms with Crippen molar-refractivity contribution in [2.75, 3.05) is 22.9 Å². The van der Waals surface area contributed by atoms with Gasteiger partial charge in [-0.3, -0.25) is 4.79 Å². The maximum Gasteiger partial charge on any atom is 0.277 e. The molecule has 3 rings (SSSR count). The van der Waals surface area contributed by atoms with Gasteiger partial charge in [0.15, 0.2) is 0 Å². The second-order valence-electron chi connectivity index (χ2n) is 6.29. The summed E-state index contributed by atoms with van der Waals surface area (Å²) in [6.07, 6.45) is 1.78. The van der Waals surface area contributed by atoms with Gasteiger partial charge in [-0.15, -0.1) is 0 Å². The summed E-state index contributed by atoms with van der Waals surface area (Å²) in [7, 11) is 0. The van der Waals surface area contributed by atoms with Crippen molar-refractivity contribution in [1.82, 2.24) is 4.98 Å². The Bertz CT molecular complexity index is 844. The van der Waals surface area contributed by atoms with Crippen molar-refractivity contribution in [3.8, 4) is 0 Å². The number of nitrogens with zero attached hydrogens (tertiary/aromatic N) is 3. The summed E-state index contributed by atoms with van der Waals surface area (Å²) < 4.78 is 0. The number of hydrogen-bond acceptors (Lipinski definition) is 3. The average molecular weight is 359 g/mol. The third-order valence-electron chi connectivity index (χ3n) is 4.59. The molecule has 4 nitrogen and oxygen atoms in total. The lowest BCUT2D eigenvalue weighted by molar-refractivity contribution is 0.0980. The second-order valence-corrected chi connectivity index (χ2v) is 6.29. The van der Waals surface area contributed by atoms with Gasteiger partial charge in [0.05, 0.1) is 18.4 Å². The van der Waals surface area contributed by atoms with Crippen LogP contribution in [0.5, 0.6) is 0 Å². The first kappa shape index (κ1) is 18.6. The molecule has 1 amide bonds. The fraction of sp³-hybridized carbons (Fsp3) is 0.217. The van der Waals surface area contributed by atoms with E-state index in [0.717, 1.165) is 30.0 Å². The van der Waals surface area contributed by atoms with E-state index in [9.17, 15) is 4.79 Å². The molecule has 138 valence electrons. The number of rotatable bonds is 7. The highest BCUT2D eigenvalue weighted by Gasteiger charge is 2.19. The zero-order valence-electron chi connectivity index (χ0n) is 15.9. The van der Waals surface area contributed by atoms with Crippen LogP contribution in [-0.2, 0) is 6.54 Å². The van der Waals surface area contributed by atoms with Crippen LogP contribution in [-0.4, -0.2) is 24.0 Å². The minimum atomic E-state index is -0.101. The van der Waals surface area contributed by atoms with E-state index in [4.69, 9.17) is 0 Å². The van der Waals surface area contributed by atoms with Gasteiger partial charge in [0, 0.05) is 18.8 Å². The SMILES string of the molecule is CCN(CC)c1ccc(C(=O)N(Cc2ccccc2)c2ccccc2)nc1. The van der Waals surface area contributed by atoms with Gasteiger partial charge in [0.2, 0.25) is 0 Å². The molecule has 1 heterocycles. The molecule has 2 aromatic carbocycles. The van der Waals surface area contributed by atoms with Crippen molar-refractivity contribution in [2.45, 2.75) is 20.4 Å². The molecule has 0 saturated heterocycles. The largest absolute Gasteiger partial charge is 0.371 e. The van der Waals surface area contributed by atoms with Crippen molar-refractivity contribution < 1.29 is 4.79 Å². The lowest BCUT2D eigenvalue weighted by atomic mass is 10.1. The van der Waals surface area contributed by atoms with Gasteiger partial charge < -0.3 is 9.80 Å². The first-order valence-corrected chi connectivity index (χ1v) is 9.34. The van der Waals surface area contributed by atoms with Gasteiger partial charge >= 0.3 is 0 Å². The van der Waals surface area contributed by atoms with E-state index in [1.165, 1.54) is 0 Å². The molecule has 0 aliphatic rings. The lowest BCUT2D eigenvalue weighted by Gasteiger charge is -2.24. The minimum Gasteiger partial charge on any atom is -0.371 e. The number of amides is 1. The van der Waals surface area contributed by atoms with Crippen LogP contribution in [0.15, 0.2) is 79.0 Å². The topological polar surface area (TPSA) is 36.4 Å². The minimum absolute atomic E-state index is 0.101. The first-order chi connectivity index (χ1) is 13.2. The third-order valence-corrected chi connectivity index (χ3v) is 4.59. The maximum atomic E-state index is 13.2. The summed E-state index contributed by atoms with van der Waals surface area (Å²) in [6, 6.07) is 23.5. The number of carbonyl (C=O) groups is 1. The van der Waals surface area contributed by atoms with Crippen LogP contribution in [0, 0.1) is 0 Å². The van der Waals surface area contributed by atoms with Crippen LogP contribution in [0.3, 0.4) is 0 Å². The molecule has 0 bridgehead atoms. The van der Waals surface area contributed by atoms with Crippen molar-refractivity contribution in [3.05, 3.63) is 90.3 Å². The quantitative estimate of drug-likeness (QED) is 0.609. The molecule has 0 saturated carbocycles. The molecule has 0 radical (unpaired) electrons. The highest BCUT2D eigenvalue weighted by Crippen LogP contribution is 2.20. The summed E-state index contributed by atoms with van der Waals surface area (Å²) in [5.74, 6) is -0.101. The number of anilines is 2. The van der Waals surface area contributed by atoms with Crippen LogP contribution >= 0.6 is 0 Å². The Morgan fingerprint density at radius 3 is 2.00 bits per heavy atom. The van der Waals surface area contributed by atoms with Gasteiger partial charge in [-0.25, -0.2) is 4.98 Å². The third kappa shape index (κ3) is 4.53. The Hall–Kier alpha value is -3.14. The molecule has 0 N–H and O–H groups in total. The molecule has 0 atom stereocenters. The Balaban J connectivity index is 1.88. The van der Waals surface area contributed by atoms with Crippen molar-refractivity contribution in [1.29, 1.82) is 0 Å². The molecule has 0 aliphatic carbocycles. The monoisotopic (exact) mass is 359 g/mol. The number of pyridine rings is 1. The highest BCUT2D eigenvalue weighted by atomic mass is 16.2. The molecule has 1 aromatic heterocycles. The highest BCUT2D eigenvalue weighted by molar-refractivity contribution is 6.04. The number of carbonyl (C=O) groups excluding carboxylic acids is 1. The van der Waals surface area contributed by atoms with Crippen molar-refractivity contribution >= 4 is 17.3 Å². The fourth-order valence-electron chi connectivity index (χ4n) is 3.08. The molecular weight excluding hydrogens is 334 g/mol. The number of para-hydroxylation sites is 1. The van der Waals surface area contributed by atoms with E-state index in [1.54, 1.807) is 11.1 Å². The van der Waals surface area contributed by atoms with Gasteiger partial charge in [0.1, 0.15) is 5.69 Å². The second kappa shape index (κ2) is 8.99. The van der Waals surface area contributed by atoms with E-state index >= 15 is 0 Å². The van der Waals surface area contributed by atoms with E-state index < -0.39 is 0 Å². The van der Waals surface area contributed by atoms with E-state index in [1.807, 2.05) is 72.8 Å². The average Bonchev–Trinajstić information content (AvgIpc) is 2.74. The molecule has 3 aromatic rings.